The summed E-state index contributed by atoms with van der Waals surface area (Å²) in [6.07, 6.45) is 0. The number of carbonyl (C=O) groups excluding carboxylic acids is 1. The molecule has 29 heavy (non-hydrogen) atoms. The Bertz CT molecular complexity index is 1020. The summed E-state index contributed by atoms with van der Waals surface area (Å²) in [5, 5.41) is 7.07. The molecule has 1 atom stereocenters. The van der Waals surface area contributed by atoms with Crippen LogP contribution in [0.4, 0.5) is 5.69 Å². The van der Waals surface area contributed by atoms with Gasteiger partial charge in [0.05, 0.1) is 18.7 Å². The molecule has 0 saturated heterocycles. The Labute approximate surface area is 176 Å². The molecule has 0 saturated carbocycles. The summed E-state index contributed by atoms with van der Waals surface area (Å²) in [6, 6.07) is 23.6. The molecule has 148 valence electrons. The predicted octanol–water partition coefficient (Wildman–Crippen LogP) is 5.17. The minimum Gasteiger partial charge on any atom is -0.465 e. The standard InChI is InChI=1S/C24H24N2O2S/c1-16-12-13-21(17(2)14-16)22(18-8-5-4-6-9-18)26-24(29)25-20-11-7-10-19(15-20)23(27)28-3/h4-15,22H,1-3H3,(H2,25,26,29)/t22-/m0/s1. The highest BCUT2D eigenvalue weighted by Crippen LogP contribution is 2.26. The summed E-state index contributed by atoms with van der Waals surface area (Å²) < 4.78 is 4.78. The summed E-state index contributed by atoms with van der Waals surface area (Å²) in [6.45, 7) is 4.19. The third kappa shape index (κ3) is 5.21. The Morgan fingerprint density at radius 1 is 0.966 bits per heavy atom. The fraction of sp³-hybridized carbons (Fsp3) is 0.167. The number of nitrogens with one attached hydrogen (secondary N) is 2. The molecule has 0 aliphatic heterocycles. The molecule has 5 heteroatoms. The SMILES string of the molecule is COC(=O)c1cccc(NC(=S)N[C@@H](c2ccccc2)c2ccc(C)cc2C)c1. The molecule has 0 radical (unpaired) electrons. The monoisotopic (exact) mass is 404 g/mol. The van der Waals surface area contributed by atoms with E-state index in [0.29, 0.717) is 10.7 Å². The Kier molecular flexibility index (Phi) is 6.62. The molecule has 0 bridgehead atoms. The molecule has 0 aromatic heterocycles. The maximum atomic E-state index is 11.8. The second kappa shape index (κ2) is 9.34. The fourth-order valence-corrected chi connectivity index (χ4v) is 3.51. The molecule has 3 aromatic rings. The van der Waals surface area contributed by atoms with E-state index in [1.54, 1.807) is 18.2 Å². The first-order valence-corrected chi connectivity index (χ1v) is 9.76. The Morgan fingerprint density at radius 3 is 2.41 bits per heavy atom. The summed E-state index contributed by atoms with van der Waals surface area (Å²) in [5.41, 5.74) is 5.88. The minimum absolute atomic E-state index is 0.0967. The van der Waals surface area contributed by atoms with Crippen LogP contribution in [0.25, 0.3) is 0 Å². The average Bonchev–Trinajstić information content (AvgIpc) is 2.72. The second-order valence-corrected chi connectivity index (χ2v) is 7.28. The first-order chi connectivity index (χ1) is 14.0. The fourth-order valence-electron chi connectivity index (χ4n) is 3.28. The number of ether oxygens (including phenoxy) is 1. The van der Waals surface area contributed by atoms with Gasteiger partial charge in [-0.2, -0.15) is 0 Å². The van der Waals surface area contributed by atoms with Crippen LogP contribution in [0.3, 0.4) is 0 Å². The lowest BCUT2D eigenvalue weighted by Gasteiger charge is -2.24. The quantitative estimate of drug-likeness (QED) is 0.454. The van der Waals surface area contributed by atoms with Gasteiger partial charge in [-0.1, -0.05) is 60.2 Å². The molecule has 0 aliphatic rings. The lowest BCUT2D eigenvalue weighted by molar-refractivity contribution is 0.0601. The maximum absolute atomic E-state index is 11.8. The zero-order valence-electron chi connectivity index (χ0n) is 16.7. The molecule has 0 unspecified atom stereocenters. The van der Waals surface area contributed by atoms with E-state index in [1.165, 1.54) is 18.2 Å². The normalized spacial score (nSPS) is 11.4. The van der Waals surface area contributed by atoms with Gasteiger partial charge >= 0.3 is 5.97 Å². The van der Waals surface area contributed by atoms with E-state index >= 15 is 0 Å². The van der Waals surface area contributed by atoms with Crippen LogP contribution in [-0.2, 0) is 4.74 Å². The summed E-state index contributed by atoms with van der Waals surface area (Å²) >= 11 is 5.58. The highest BCUT2D eigenvalue weighted by molar-refractivity contribution is 7.80. The second-order valence-electron chi connectivity index (χ2n) is 6.87. The lowest BCUT2D eigenvalue weighted by Crippen LogP contribution is -2.33. The Balaban J connectivity index is 1.85. The van der Waals surface area contributed by atoms with E-state index in [9.17, 15) is 4.79 Å². The summed E-state index contributed by atoms with van der Waals surface area (Å²) in [4.78, 5) is 11.8. The van der Waals surface area contributed by atoms with Crippen molar-refractivity contribution in [1.82, 2.24) is 5.32 Å². The van der Waals surface area contributed by atoms with Crippen LogP contribution in [-0.4, -0.2) is 18.2 Å². The van der Waals surface area contributed by atoms with Crippen LogP contribution >= 0.6 is 12.2 Å². The molecular formula is C24H24N2O2S. The van der Waals surface area contributed by atoms with Gasteiger partial charge in [0.1, 0.15) is 0 Å². The Morgan fingerprint density at radius 2 is 1.72 bits per heavy atom. The van der Waals surface area contributed by atoms with E-state index < -0.39 is 0 Å². The van der Waals surface area contributed by atoms with E-state index in [-0.39, 0.29) is 12.0 Å². The van der Waals surface area contributed by atoms with Gasteiger partial charge in [-0.3, -0.25) is 0 Å². The van der Waals surface area contributed by atoms with Crippen LogP contribution < -0.4 is 10.6 Å². The predicted molar refractivity (Wildman–Crippen MR) is 121 cm³/mol. The first kappa shape index (κ1) is 20.6. The molecule has 0 heterocycles. The smallest absolute Gasteiger partial charge is 0.337 e. The number of benzene rings is 3. The van der Waals surface area contributed by atoms with Crippen LogP contribution in [0, 0.1) is 13.8 Å². The van der Waals surface area contributed by atoms with Gasteiger partial charge in [0.15, 0.2) is 5.11 Å². The van der Waals surface area contributed by atoms with Crippen molar-refractivity contribution in [3.05, 3.63) is 101 Å². The van der Waals surface area contributed by atoms with Gasteiger partial charge in [0.25, 0.3) is 0 Å². The third-order valence-corrected chi connectivity index (χ3v) is 4.91. The van der Waals surface area contributed by atoms with Gasteiger partial charge < -0.3 is 15.4 Å². The largest absolute Gasteiger partial charge is 0.465 e. The topological polar surface area (TPSA) is 50.4 Å². The van der Waals surface area contributed by atoms with E-state index in [1.807, 2.05) is 24.3 Å². The van der Waals surface area contributed by atoms with Crippen LogP contribution in [0.2, 0.25) is 0 Å². The number of hydrogen-bond acceptors (Lipinski definition) is 3. The molecule has 0 spiro atoms. The van der Waals surface area contributed by atoms with Gasteiger partial charge in [0, 0.05) is 5.69 Å². The number of hydrogen-bond donors (Lipinski definition) is 2. The molecule has 0 amide bonds. The zero-order chi connectivity index (χ0) is 20.8. The van der Waals surface area contributed by atoms with E-state index in [2.05, 4.69) is 54.8 Å². The van der Waals surface area contributed by atoms with Crippen molar-refractivity contribution in [2.45, 2.75) is 19.9 Å². The molecule has 4 nitrogen and oxygen atoms in total. The van der Waals surface area contributed by atoms with Crippen molar-refractivity contribution in [2.24, 2.45) is 0 Å². The molecular weight excluding hydrogens is 380 g/mol. The summed E-state index contributed by atoms with van der Waals surface area (Å²) in [7, 11) is 1.36. The van der Waals surface area contributed by atoms with Gasteiger partial charge in [0.2, 0.25) is 0 Å². The zero-order valence-corrected chi connectivity index (χ0v) is 17.5. The lowest BCUT2D eigenvalue weighted by atomic mass is 9.94. The van der Waals surface area contributed by atoms with Crippen LogP contribution in [0.15, 0.2) is 72.8 Å². The van der Waals surface area contributed by atoms with Gasteiger partial charge in [-0.25, -0.2) is 4.79 Å². The van der Waals surface area contributed by atoms with Gasteiger partial charge in [-0.15, -0.1) is 0 Å². The minimum atomic E-state index is -0.384. The molecule has 3 aromatic carbocycles. The number of anilines is 1. The number of aryl methyl sites for hydroxylation is 2. The highest BCUT2D eigenvalue weighted by Gasteiger charge is 2.17. The number of esters is 1. The first-order valence-electron chi connectivity index (χ1n) is 9.36. The van der Waals surface area contributed by atoms with Gasteiger partial charge in [-0.05, 0) is 61.0 Å². The van der Waals surface area contributed by atoms with E-state index in [4.69, 9.17) is 17.0 Å². The molecule has 2 N–H and O–H groups in total. The molecule has 0 fully saturated rings. The van der Waals surface area contributed by atoms with E-state index in [0.717, 1.165) is 16.8 Å². The highest BCUT2D eigenvalue weighted by atomic mass is 32.1. The van der Waals surface area contributed by atoms with Crippen molar-refractivity contribution in [3.63, 3.8) is 0 Å². The number of carbonyl (C=O) groups is 1. The maximum Gasteiger partial charge on any atom is 0.337 e. The number of thiocarbonyl (C=S) groups is 1. The van der Waals surface area contributed by atoms with Crippen LogP contribution in [0.1, 0.15) is 38.7 Å². The summed E-state index contributed by atoms with van der Waals surface area (Å²) in [5.74, 6) is -0.384. The third-order valence-electron chi connectivity index (χ3n) is 4.69. The van der Waals surface area contributed by atoms with Crippen LogP contribution in [0.5, 0.6) is 0 Å². The number of methoxy groups -OCH3 is 1. The number of rotatable bonds is 5. The Hall–Kier alpha value is -3.18. The van der Waals surface area contributed by atoms with Crippen molar-refractivity contribution in [1.29, 1.82) is 0 Å². The average molecular weight is 405 g/mol. The van der Waals surface area contributed by atoms with Crippen molar-refractivity contribution >= 4 is 29.0 Å². The van der Waals surface area contributed by atoms with Crippen molar-refractivity contribution in [2.75, 3.05) is 12.4 Å². The van der Waals surface area contributed by atoms with Crippen molar-refractivity contribution < 1.29 is 9.53 Å². The van der Waals surface area contributed by atoms with Crippen molar-refractivity contribution in [3.8, 4) is 0 Å². The molecule has 0 aliphatic carbocycles. The molecule has 3 rings (SSSR count).